The van der Waals surface area contributed by atoms with Gasteiger partial charge in [0.1, 0.15) is 5.82 Å². The summed E-state index contributed by atoms with van der Waals surface area (Å²) in [5.74, 6) is 5.86. The van der Waals surface area contributed by atoms with Gasteiger partial charge in [-0.1, -0.05) is 6.07 Å². The van der Waals surface area contributed by atoms with Crippen LogP contribution in [0.15, 0.2) is 42.6 Å². The van der Waals surface area contributed by atoms with Crippen LogP contribution in [0, 0.1) is 6.92 Å². The van der Waals surface area contributed by atoms with E-state index < -0.39 is 0 Å². The molecule has 2 rings (SSSR count). The number of aryl methyl sites for hydroxylation is 1. The summed E-state index contributed by atoms with van der Waals surface area (Å²) in [6.07, 6.45) is 1.66. The fourth-order valence-corrected chi connectivity index (χ4v) is 1.83. The van der Waals surface area contributed by atoms with Crippen molar-refractivity contribution in [1.82, 2.24) is 4.98 Å². The van der Waals surface area contributed by atoms with Crippen molar-refractivity contribution in [2.45, 2.75) is 6.92 Å². The number of aromatic nitrogens is 1. The molecule has 0 fully saturated rings. The summed E-state index contributed by atoms with van der Waals surface area (Å²) in [5.41, 5.74) is 4.83. The number of anilines is 2. The first kappa shape index (κ1) is 13.0. The fraction of sp³-hybridized carbons (Fsp3) is 0.143. The zero-order valence-corrected chi connectivity index (χ0v) is 10.9. The number of nitrogens with one attached hydrogen (secondary N) is 1. The zero-order chi connectivity index (χ0) is 13.8. The molecule has 2 aromatic rings. The Kier molecular flexibility index (Phi) is 3.77. The Bertz CT molecular complexity index is 583. The maximum absolute atomic E-state index is 12.4. The molecule has 0 atom stereocenters. The lowest BCUT2D eigenvalue weighted by Crippen LogP contribution is -2.27. The minimum Gasteiger partial charge on any atom is -0.324 e. The molecule has 0 bridgehead atoms. The second-order valence-electron chi connectivity index (χ2n) is 4.23. The minimum atomic E-state index is -0.0974. The molecule has 0 aliphatic rings. The van der Waals surface area contributed by atoms with Crippen LogP contribution in [-0.2, 0) is 0 Å². The third-order valence-electron chi connectivity index (χ3n) is 2.92. The summed E-state index contributed by atoms with van der Waals surface area (Å²) in [6, 6.07) is 10.8. The average molecular weight is 256 g/mol. The first-order valence-corrected chi connectivity index (χ1v) is 5.90. The molecule has 0 aliphatic heterocycles. The molecule has 0 saturated carbocycles. The number of nitrogen functional groups attached to an aromatic ring is 1. The van der Waals surface area contributed by atoms with Crippen LogP contribution < -0.4 is 16.2 Å². The summed E-state index contributed by atoms with van der Waals surface area (Å²) < 4.78 is 0. The van der Waals surface area contributed by atoms with Gasteiger partial charge in [0.15, 0.2) is 0 Å². The summed E-state index contributed by atoms with van der Waals surface area (Å²) in [4.78, 5) is 18.1. The van der Waals surface area contributed by atoms with Crippen molar-refractivity contribution >= 4 is 17.4 Å². The predicted molar refractivity (Wildman–Crippen MR) is 76.0 cm³/mol. The summed E-state index contributed by atoms with van der Waals surface area (Å²) in [7, 11) is 1.71. The van der Waals surface area contributed by atoms with Crippen LogP contribution in [0.3, 0.4) is 0 Å². The molecule has 0 unspecified atom stereocenters. The SMILES string of the molecule is Cc1cc(NN)ccc1C(=O)N(C)c1ccccn1. The van der Waals surface area contributed by atoms with Crippen molar-refractivity contribution in [3.63, 3.8) is 0 Å². The number of hydrazine groups is 1. The van der Waals surface area contributed by atoms with Crippen molar-refractivity contribution in [2.75, 3.05) is 17.4 Å². The van der Waals surface area contributed by atoms with E-state index in [-0.39, 0.29) is 5.91 Å². The molecule has 5 nitrogen and oxygen atoms in total. The highest BCUT2D eigenvalue weighted by Crippen LogP contribution is 2.18. The van der Waals surface area contributed by atoms with Gasteiger partial charge < -0.3 is 5.43 Å². The van der Waals surface area contributed by atoms with E-state index in [0.717, 1.165) is 11.3 Å². The number of nitrogens with zero attached hydrogens (tertiary/aromatic N) is 2. The Morgan fingerprint density at radius 1 is 1.32 bits per heavy atom. The van der Waals surface area contributed by atoms with Crippen molar-refractivity contribution in [3.8, 4) is 0 Å². The predicted octanol–water partition coefficient (Wildman–Crippen LogP) is 1.95. The van der Waals surface area contributed by atoms with Gasteiger partial charge in [0.2, 0.25) is 0 Å². The Hall–Kier alpha value is -2.40. The quantitative estimate of drug-likeness (QED) is 0.650. The van der Waals surface area contributed by atoms with Crippen LogP contribution in [0.2, 0.25) is 0 Å². The molecule has 1 aromatic carbocycles. The molecule has 3 N–H and O–H groups in total. The standard InChI is InChI=1S/C14H16N4O/c1-10-9-11(17-15)6-7-12(10)14(19)18(2)13-5-3-4-8-16-13/h3-9,17H,15H2,1-2H3. The monoisotopic (exact) mass is 256 g/mol. The van der Waals surface area contributed by atoms with Crippen molar-refractivity contribution in [1.29, 1.82) is 0 Å². The Morgan fingerprint density at radius 3 is 2.68 bits per heavy atom. The fourth-order valence-electron chi connectivity index (χ4n) is 1.83. The van der Waals surface area contributed by atoms with E-state index in [1.165, 1.54) is 4.90 Å². The largest absolute Gasteiger partial charge is 0.324 e. The molecule has 0 saturated heterocycles. The molecule has 5 heteroatoms. The Labute approximate surface area is 112 Å². The van der Waals surface area contributed by atoms with Crippen molar-refractivity contribution in [2.24, 2.45) is 5.84 Å². The maximum Gasteiger partial charge on any atom is 0.259 e. The molecule has 19 heavy (non-hydrogen) atoms. The number of nitrogens with two attached hydrogens (primary N) is 1. The first-order valence-electron chi connectivity index (χ1n) is 5.90. The lowest BCUT2D eigenvalue weighted by molar-refractivity contribution is 0.0992. The van der Waals surface area contributed by atoms with E-state index in [2.05, 4.69) is 10.4 Å². The summed E-state index contributed by atoms with van der Waals surface area (Å²) in [6.45, 7) is 1.88. The van der Waals surface area contributed by atoms with Crippen LogP contribution in [0.4, 0.5) is 11.5 Å². The molecular formula is C14H16N4O. The lowest BCUT2D eigenvalue weighted by Gasteiger charge is -2.17. The number of hydrogen-bond donors (Lipinski definition) is 2. The molecule has 0 radical (unpaired) electrons. The second kappa shape index (κ2) is 5.49. The summed E-state index contributed by atoms with van der Waals surface area (Å²) >= 11 is 0. The van der Waals surface area contributed by atoms with Gasteiger partial charge in [-0.3, -0.25) is 15.5 Å². The van der Waals surface area contributed by atoms with E-state index in [1.807, 2.05) is 25.1 Å². The van der Waals surface area contributed by atoms with E-state index in [1.54, 1.807) is 31.4 Å². The van der Waals surface area contributed by atoms with Gasteiger partial charge in [0.05, 0.1) is 0 Å². The van der Waals surface area contributed by atoms with E-state index in [4.69, 9.17) is 5.84 Å². The molecular weight excluding hydrogens is 240 g/mol. The smallest absolute Gasteiger partial charge is 0.259 e. The number of rotatable bonds is 3. The molecule has 1 aromatic heterocycles. The van der Waals surface area contributed by atoms with E-state index >= 15 is 0 Å². The van der Waals surface area contributed by atoms with Gasteiger partial charge in [0, 0.05) is 24.5 Å². The first-order chi connectivity index (χ1) is 9.13. The molecule has 1 heterocycles. The third-order valence-corrected chi connectivity index (χ3v) is 2.92. The van der Waals surface area contributed by atoms with Gasteiger partial charge in [-0.05, 0) is 42.8 Å². The van der Waals surface area contributed by atoms with Gasteiger partial charge in [-0.25, -0.2) is 4.98 Å². The highest BCUT2D eigenvalue weighted by Gasteiger charge is 2.16. The Morgan fingerprint density at radius 2 is 2.11 bits per heavy atom. The zero-order valence-electron chi connectivity index (χ0n) is 10.9. The van der Waals surface area contributed by atoms with Crippen LogP contribution >= 0.6 is 0 Å². The normalized spacial score (nSPS) is 10.1. The van der Waals surface area contributed by atoms with Crippen LogP contribution in [-0.4, -0.2) is 17.9 Å². The summed E-state index contributed by atoms with van der Waals surface area (Å²) in [5, 5.41) is 0. The van der Waals surface area contributed by atoms with Gasteiger partial charge in [-0.15, -0.1) is 0 Å². The topological polar surface area (TPSA) is 71.2 Å². The highest BCUT2D eigenvalue weighted by atomic mass is 16.2. The molecule has 1 amide bonds. The number of pyridine rings is 1. The van der Waals surface area contributed by atoms with Gasteiger partial charge in [-0.2, -0.15) is 0 Å². The maximum atomic E-state index is 12.4. The molecule has 0 aliphatic carbocycles. The number of carbonyl (C=O) groups is 1. The van der Waals surface area contributed by atoms with Crippen molar-refractivity contribution < 1.29 is 4.79 Å². The number of hydrogen-bond acceptors (Lipinski definition) is 4. The molecule has 98 valence electrons. The second-order valence-corrected chi connectivity index (χ2v) is 4.23. The number of amides is 1. The van der Waals surface area contributed by atoms with Crippen LogP contribution in [0.1, 0.15) is 15.9 Å². The third kappa shape index (κ3) is 2.71. The number of carbonyl (C=O) groups excluding carboxylic acids is 1. The van der Waals surface area contributed by atoms with E-state index in [0.29, 0.717) is 11.4 Å². The molecule has 0 spiro atoms. The minimum absolute atomic E-state index is 0.0974. The average Bonchev–Trinajstić information content (AvgIpc) is 2.46. The van der Waals surface area contributed by atoms with Gasteiger partial charge in [0.25, 0.3) is 5.91 Å². The number of benzene rings is 1. The van der Waals surface area contributed by atoms with Crippen LogP contribution in [0.5, 0.6) is 0 Å². The van der Waals surface area contributed by atoms with Crippen LogP contribution in [0.25, 0.3) is 0 Å². The van der Waals surface area contributed by atoms with E-state index in [9.17, 15) is 4.79 Å². The highest BCUT2D eigenvalue weighted by molar-refractivity contribution is 6.06. The van der Waals surface area contributed by atoms with Gasteiger partial charge >= 0.3 is 0 Å². The van der Waals surface area contributed by atoms with Crippen molar-refractivity contribution in [3.05, 3.63) is 53.7 Å². The lowest BCUT2D eigenvalue weighted by atomic mass is 10.1. The Balaban J connectivity index is 2.29.